The Kier molecular flexibility index (Phi) is 5.97. The summed E-state index contributed by atoms with van der Waals surface area (Å²) in [6, 6.07) is 0. The summed E-state index contributed by atoms with van der Waals surface area (Å²) in [6.45, 7) is 5.67. The van der Waals surface area contributed by atoms with Crippen molar-refractivity contribution in [1.29, 1.82) is 0 Å². The molecule has 0 aromatic rings. The maximum Gasteiger partial charge on any atom is 0.307 e. The molecule has 0 aromatic heterocycles. The highest BCUT2D eigenvalue weighted by atomic mass is 16.4. The number of aliphatic carboxylic acids is 2. The summed E-state index contributed by atoms with van der Waals surface area (Å²) < 4.78 is 0. The van der Waals surface area contributed by atoms with Crippen LogP contribution in [0.15, 0.2) is 0 Å². The van der Waals surface area contributed by atoms with Gasteiger partial charge in [-0.15, -0.1) is 0 Å². The van der Waals surface area contributed by atoms with Crippen LogP contribution in [0.25, 0.3) is 0 Å². The Balaban J connectivity index is 4.67. The van der Waals surface area contributed by atoms with Crippen LogP contribution in [0.2, 0.25) is 0 Å². The first-order valence-electron chi connectivity index (χ1n) is 5.35. The predicted octanol–water partition coefficient (Wildman–Crippen LogP) is 2.23. The number of carboxylic acid groups (broad SMARTS) is 2. The first-order chi connectivity index (χ1) is 6.90. The highest BCUT2D eigenvalue weighted by Gasteiger charge is 2.33. The Labute approximate surface area is 90.3 Å². The largest absolute Gasteiger partial charge is 0.481 e. The van der Waals surface area contributed by atoms with E-state index in [9.17, 15) is 9.59 Å². The summed E-state index contributed by atoms with van der Waals surface area (Å²) >= 11 is 0. The topological polar surface area (TPSA) is 74.6 Å². The zero-order valence-corrected chi connectivity index (χ0v) is 9.56. The molecule has 0 bridgehead atoms. The molecular weight excluding hydrogens is 196 g/mol. The smallest absolute Gasteiger partial charge is 0.307 e. The number of hydrogen-bond donors (Lipinski definition) is 2. The van der Waals surface area contributed by atoms with Crippen LogP contribution in [-0.4, -0.2) is 22.2 Å². The summed E-state index contributed by atoms with van der Waals surface area (Å²) in [6.07, 6.45) is 1.55. The molecule has 4 nitrogen and oxygen atoms in total. The van der Waals surface area contributed by atoms with Crippen LogP contribution in [0, 0.1) is 17.8 Å². The van der Waals surface area contributed by atoms with Gasteiger partial charge < -0.3 is 10.2 Å². The normalized spacial score (nSPS) is 14.9. The van der Waals surface area contributed by atoms with Crippen molar-refractivity contribution in [3.05, 3.63) is 0 Å². The lowest BCUT2D eigenvalue weighted by molar-refractivity contribution is -0.154. The molecule has 2 atom stereocenters. The van der Waals surface area contributed by atoms with E-state index < -0.39 is 23.8 Å². The van der Waals surface area contributed by atoms with Crippen LogP contribution in [0.3, 0.4) is 0 Å². The van der Waals surface area contributed by atoms with E-state index in [0.29, 0.717) is 19.3 Å². The average Bonchev–Trinajstić information content (AvgIpc) is 2.09. The van der Waals surface area contributed by atoms with Crippen LogP contribution in [0.1, 0.15) is 40.0 Å². The summed E-state index contributed by atoms with van der Waals surface area (Å²) in [5.41, 5.74) is 0. The van der Waals surface area contributed by atoms with Crippen molar-refractivity contribution in [3.8, 4) is 0 Å². The van der Waals surface area contributed by atoms with Gasteiger partial charge >= 0.3 is 11.9 Å². The Bertz CT molecular complexity index is 223. The maximum atomic E-state index is 11.0. The fraction of sp³-hybridized carbons (Fsp3) is 0.818. The van der Waals surface area contributed by atoms with Gasteiger partial charge in [0.2, 0.25) is 0 Å². The summed E-state index contributed by atoms with van der Waals surface area (Å²) in [4.78, 5) is 21.9. The highest BCUT2D eigenvalue weighted by Crippen LogP contribution is 2.25. The molecule has 0 aromatic carbocycles. The Morgan fingerprint density at radius 1 is 1.07 bits per heavy atom. The lowest BCUT2D eigenvalue weighted by Gasteiger charge is -2.21. The molecule has 0 aliphatic heterocycles. The van der Waals surface area contributed by atoms with E-state index in [1.807, 2.05) is 20.8 Å². The Morgan fingerprint density at radius 3 is 1.80 bits per heavy atom. The van der Waals surface area contributed by atoms with Gasteiger partial charge in [0.15, 0.2) is 0 Å². The molecular formula is C11H20O4. The quantitative estimate of drug-likeness (QED) is 0.684. The Morgan fingerprint density at radius 2 is 1.53 bits per heavy atom. The second-order valence-corrected chi connectivity index (χ2v) is 4.31. The first kappa shape index (κ1) is 13.9. The number of rotatable bonds is 7. The molecule has 0 aliphatic carbocycles. The summed E-state index contributed by atoms with van der Waals surface area (Å²) in [5.74, 6) is -3.31. The molecule has 0 heterocycles. The van der Waals surface area contributed by atoms with E-state index in [0.717, 1.165) is 0 Å². The molecule has 0 saturated heterocycles. The standard InChI is InChI=1S/C11H20O4/c1-4-5-8(10(12)13)9(11(14)15)6-7(2)3/h7-9H,4-6H2,1-3H3,(H,12,13)(H,14,15). The molecule has 0 saturated carbocycles. The highest BCUT2D eigenvalue weighted by molar-refractivity contribution is 5.79. The maximum absolute atomic E-state index is 11.0. The average molecular weight is 216 g/mol. The van der Waals surface area contributed by atoms with Crippen molar-refractivity contribution in [3.63, 3.8) is 0 Å². The van der Waals surface area contributed by atoms with Crippen LogP contribution in [0.4, 0.5) is 0 Å². The zero-order valence-electron chi connectivity index (χ0n) is 9.56. The second kappa shape index (κ2) is 6.43. The predicted molar refractivity (Wildman–Crippen MR) is 56.6 cm³/mol. The van der Waals surface area contributed by atoms with Crippen molar-refractivity contribution in [1.82, 2.24) is 0 Å². The van der Waals surface area contributed by atoms with E-state index in [4.69, 9.17) is 10.2 Å². The van der Waals surface area contributed by atoms with Crippen molar-refractivity contribution < 1.29 is 19.8 Å². The first-order valence-corrected chi connectivity index (χ1v) is 5.35. The van der Waals surface area contributed by atoms with Gasteiger partial charge in [-0.2, -0.15) is 0 Å². The van der Waals surface area contributed by atoms with E-state index in [1.165, 1.54) is 0 Å². The Hall–Kier alpha value is -1.06. The van der Waals surface area contributed by atoms with Crippen LogP contribution < -0.4 is 0 Å². The molecule has 0 aliphatic rings. The van der Waals surface area contributed by atoms with Crippen molar-refractivity contribution in [2.45, 2.75) is 40.0 Å². The molecule has 4 heteroatoms. The number of hydrogen-bond acceptors (Lipinski definition) is 2. The van der Waals surface area contributed by atoms with Gasteiger partial charge in [0.1, 0.15) is 0 Å². The van der Waals surface area contributed by atoms with E-state index in [-0.39, 0.29) is 5.92 Å². The fourth-order valence-electron chi connectivity index (χ4n) is 1.75. The van der Waals surface area contributed by atoms with Gasteiger partial charge in [0, 0.05) is 0 Å². The van der Waals surface area contributed by atoms with E-state index in [2.05, 4.69) is 0 Å². The third-order valence-corrected chi connectivity index (χ3v) is 2.45. The molecule has 2 unspecified atom stereocenters. The van der Waals surface area contributed by atoms with Crippen LogP contribution in [0.5, 0.6) is 0 Å². The van der Waals surface area contributed by atoms with Gasteiger partial charge in [-0.25, -0.2) is 0 Å². The second-order valence-electron chi connectivity index (χ2n) is 4.31. The SMILES string of the molecule is CCCC(C(=O)O)C(CC(C)C)C(=O)O. The molecule has 0 fully saturated rings. The van der Waals surface area contributed by atoms with Gasteiger partial charge in [-0.05, 0) is 18.8 Å². The monoisotopic (exact) mass is 216 g/mol. The molecule has 0 spiro atoms. The summed E-state index contributed by atoms with van der Waals surface area (Å²) in [5, 5.41) is 18.0. The van der Waals surface area contributed by atoms with Crippen molar-refractivity contribution in [2.75, 3.05) is 0 Å². The van der Waals surface area contributed by atoms with Gasteiger partial charge in [-0.1, -0.05) is 27.2 Å². The third-order valence-electron chi connectivity index (χ3n) is 2.45. The van der Waals surface area contributed by atoms with Crippen molar-refractivity contribution in [2.24, 2.45) is 17.8 Å². The molecule has 0 radical (unpaired) electrons. The molecule has 88 valence electrons. The van der Waals surface area contributed by atoms with E-state index >= 15 is 0 Å². The minimum absolute atomic E-state index is 0.199. The lowest BCUT2D eigenvalue weighted by Crippen LogP contribution is -2.30. The molecule has 15 heavy (non-hydrogen) atoms. The fourth-order valence-corrected chi connectivity index (χ4v) is 1.75. The van der Waals surface area contributed by atoms with E-state index in [1.54, 1.807) is 0 Å². The van der Waals surface area contributed by atoms with Crippen LogP contribution >= 0.6 is 0 Å². The molecule has 0 rings (SSSR count). The minimum Gasteiger partial charge on any atom is -0.481 e. The molecule has 2 N–H and O–H groups in total. The van der Waals surface area contributed by atoms with Gasteiger partial charge in [0.05, 0.1) is 11.8 Å². The lowest BCUT2D eigenvalue weighted by atomic mass is 9.83. The van der Waals surface area contributed by atoms with Crippen molar-refractivity contribution >= 4 is 11.9 Å². The number of carbonyl (C=O) groups is 2. The molecule has 0 amide bonds. The minimum atomic E-state index is -0.996. The third kappa shape index (κ3) is 4.81. The van der Waals surface area contributed by atoms with Gasteiger partial charge in [0.25, 0.3) is 0 Å². The summed E-state index contributed by atoms with van der Waals surface area (Å²) in [7, 11) is 0. The number of carboxylic acids is 2. The van der Waals surface area contributed by atoms with Crippen LogP contribution in [-0.2, 0) is 9.59 Å². The zero-order chi connectivity index (χ0) is 12.0. The van der Waals surface area contributed by atoms with Gasteiger partial charge in [-0.3, -0.25) is 9.59 Å².